The Labute approximate surface area is 134 Å². The van der Waals surface area contributed by atoms with Crippen molar-refractivity contribution in [3.63, 3.8) is 0 Å². The molecule has 5 nitrogen and oxygen atoms in total. The number of halogens is 1. The summed E-state index contributed by atoms with van der Waals surface area (Å²) in [5, 5.41) is 0.153. The minimum absolute atomic E-state index is 0.145. The molecule has 0 saturated heterocycles. The molecule has 0 N–H and O–H groups in total. The third-order valence-corrected chi connectivity index (χ3v) is 6.47. The van der Waals surface area contributed by atoms with Crippen LogP contribution in [0.3, 0.4) is 0 Å². The van der Waals surface area contributed by atoms with Crippen LogP contribution in [0.1, 0.15) is 13.8 Å². The summed E-state index contributed by atoms with van der Waals surface area (Å²) in [6.07, 6.45) is 0. The van der Waals surface area contributed by atoms with E-state index >= 15 is 0 Å². The zero-order valence-electron chi connectivity index (χ0n) is 13.2. The van der Waals surface area contributed by atoms with Gasteiger partial charge >= 0.3 is 11.9 Å². The number of carbonyl (C=O) groups is 2. The van der Waals surface area contributed by atoms with E-state index in [1.807, 2.05) is 0 Å². The number of hydrogen-bond acceptors (Lipinski definition) is 5. The van der Waals surface area contributed by atoms with Crippen molar-refractivity contribution in [2.24, 2.45) is 0 Å². The highest BCUT2D eigenvalue weighted by atomic mass is 35.5. The molecule has 122 valence electrons. The van der Waals surface area contributed by atoms with Crippen molar-refractivity contribution < 1.29 is 23.3 Å². The Balaban J connectivity index is 4.93. The smallest absolute Gasteiger partial charge is 0.302 e. The lowest BCUT2D eigenvalue weighted by molar-refractivity contribution is -0.141. The van der Waals surface area contributed by atoms with Crippen molar-refractivity contribution >= 4 is 42.4 Å². The van der Waals surface area contributed by atoms with Crippen LogP contribution < -0.4 is 0 Å². The summed E-state index contributed by atoms with van der Waals surface area (Å²) >= 11 is 6.05. The van der Waals surface area contributed by atoms with Crippen LogP contribution in [0.25, 0.3) is 0 Å². The van der Waals surface area contributed by atoms with Crippen molar-refractivity contribution in [2.75, 3.05) is 19.0 Å². The van der Waals surface area contributed by atoms with E-state index in [0.29, 0.717) is 10.7 Å². The Morgan fingerprint density at radius 3 is 1.95 bits per heavy atom. The van der Waals surface area contributed by atoms with Gasteiger partial charge < -0.3 is 9.47 Å². The number of rotatable bonds is 8. The highest BCUT2D eigenvalue weighted by Gasteiger charge is 2.19. The zero-order valence-corrected chi connectivity index (χ0v) is 15.7. The summed E-state index contributed by atoms with van der Waals surface area (Å²) in [4.78, 5) is 22.0. The summed E-state index contributed by atoms with van der Waals surface area (Å²) in [6, 6.07) is 0.862. The van der Waals surface area contributed by atoms with Crippen molar-refractivity contribution in [2.45, 2.75) is 39.5 Å². The molecule has 0 fully saturated rings. The normalized spacial score (nSPS) is 14.2. The molecule has 1 unspecified atom stereocenters. The first kappa shape index (κ1) is 20.3. The summed E-state index contributed by atoms with van der Waals surface area (Å²) in [5.41, 5.74) is 0. The lowest BCUT2D eigenvalue weighted by Crippen LogP contribution is -2.23. The largest absolute Gasteiger partial charge is 0.460 e. The molecular formula is C13H23ClO5SSi. The molecule has 21 heavy (non-hydrogen) atoms. The van der Waals surface area contributed by atoms with Crippen LogP contribution in [-0.4, -0.2) is 43.2 Å². The van der Waals surface area contributed by atoms with E-state index in [9.17, 15) is 13.8 Å². The van der Waals surface area contributed by atoms with Gasteiger partial charge in [-0.15, -0.1) is 0 Å². The minimum atomic E-state index is -1.35. The molecule has 0 aliphatic heterocycles. The first-order valence-corrected chi connectivity index (χ1v) is 12.0. The van der Waals surface area contributed by atoms with Crippen LogP contribution in [0.4, 0.5) is 0 Å². The predicted octanol–water partition coefficient (Wildman–Crippen LogP) is 2.65. The van der Waals surface area contributed by atoms with Gasteiger partial charge in [-0.3, -0.25) is 13.8 Å². The average Bonchev–Trinajstić information content (AvgIpc) is 2.32. The van der Waals surface area contributed by atoms with Crippen molar-refractivity contribution in [1.29, 1.82) is 0 Å². The Hall–Kier alpha value is -0.663. The third-order valence-electron chi connectivity index (χ3n) is 2.42. The fraction of sp³-hybridized carbons (Fsp3) is 0.692. The van der Waals surface area contributed by atoms with E-state index in [1.54, 1.807) is 0 Å². The van der Waals surface area contributed by atoms with Gasteiger partial charge in [0.1, 0.15) is 13.2 Å². The van der Waals surface area contributed by atoms with Crippen molar-refractivity contribution in [1.82, 2.24) is 0 Å². The molecular weight excluding hydrogens is 332 g/mol. The lowest BCUT2D eigenvalue weighted by atomic mass is 10.5. The number of ether oxygens (including phenoxy) is 2. The van der Waals surface area contributed by atoms with Crippen LogP contribution in [0, 0.1) is 0 Å². The van der Waals surface area contributed by atoms with E-state index in [0.717, 1.165) is 6.04 Å². The van der Waals surface area contributed by atoms with Gasteiger partial charge in [0.15, 0.2) is 0 Å². The second-order valence-electron chi connectivity index (χ2n) is 5.75. The maximum atomic E-state index is 12.3. The molecule has 0 aliphatic carbocycles. The monoisotopic (exact) mass is 354 g/mol. The fourth-order valence-electron chi connectivity index (χ4n) is 1.20. The molecule has 0 rings (SSSR count). The Morgan fingerprint density at radius 1 is 1.05 bits per heavy atom. The molecule has 8 heteroatoms. The van der Waals surface area contributed by atoms with E-state index in [-0.39, 0.29) is 18.2 Å². The molecule has 0 bridgehead atoms. The van der Waals surface area contributed by atoms with E-state index in [4.69, 9.17) is 21.1 Å². The van der Waals surface area contributed by atoms with Crippen LogP contribution in [0.15, 0.2) is 9.94 Å². The Kier molecular flexibility index (Phi) is 9.08. The standard InChI is InChI=1S/C13H23ClO5SSi/c1-10(15)18-8-12(14)13(9-19-11(2)16)20(17)6-7-21(3,4)5/h6-9H2,1-5H3/b13-12+. The molecule has 0 spiro atoms. The summed E-state index contributed by atoms with van der Waals surface area (Å²) in [5.74, 6) is -0.498. The van der Waals surface area contributed by atoms with Crippen LogP contribution in [0.2, 0.25) is 25.7 Å². The van der Waals surface area contributed by atoms with Gasteiger partial charge in [-0.05, 0) is 6.04 Å². The van der Waals surface area contributed by atoms with Gasteiger partial charge in [0, 0.05) is 27.7 Å². The van der Waals surface area contributed by atoms with Crippen molar-refractivity contribution in [3.05, 3.63) is 9.94 Å². The Bertz CT molecular complexity index is 442. The fourth-order valence-corrected chi connectivity index (χ4v) is 5.50. The van der Waals surface area contributed by atoms with Gasteiger partial charge in [0.05, 0.1) is 20.7 Å². The number of esters is 2. The third kappa shape index (κ3) is 10.7. The van der Waals surface area contributed by atoms with Gasteiger partial charge in [-0.1, -0.05) is 31.2 Å². The predicted molar refractivity (Wildman–Crippen MR) is 87.3 cm³/mol. The van der Waals surface area contributed by atoms with E-state index < -0.39 is 30.8 Å². The van der Waals surface area contributed by atoms with Gasteiger partial charge in [0.25, 0.3) is 0 Å². The number of hydrogen-bond donors (Lipinski definition) is 0. The van der Waals surface area contributed by atoms with E-state index in [1.165, 1.54) is 13.8 Å². The molecule has 0 aromatic rings. The number of carbonyl (C=O) groups excluding carboxylic acids is 2. The molecule has 0 aromatic heterocycles. The van der Waals surface area contributed by atoms with Gasteiger partial charge in [0.2, 0.25) is 0 Å². The second kappa shape index (κ2) is 9.37. The molecule has 0 aliphatic rings. The maximum Gasteiger partial charge on any atom is 0.302 e. The van der Waals surface area contributed by atoms with Crippen LogP contribution in [-0.2, 0) is 29.9 Å². The molecule has 0 saturated carbocycles. The Morgan fingerprint density at radius 2 is 1.52 bits per heavy atom. The summed E-state index contributed by atoms with van der Waals surface area (Å²) in [7, 11) is -2.69. The van der Waals surface area contributed by atoms with Gasteiger partial charge in [-0.2, -0.15) is 0 Å². The van der Waals surface area contributed by atoms with Crippen LogP contribution in [0.5, 0.6) is 0 Å². The molecule has 1 atom stereocenters. The molecule has 0 radical (unpaired) electrons. The van der Waals surface area contributed by atoms with Crippen molar-refractivity contribution in [3.8, 4) is 0 Å². The van der Waals surface area contributed by atoms with E-state index in [2.05, 4.69) is 19.6 Å². The lowest BCUT2D eigenvalue weighted by Gasteiger charge is -2.16. The topological polar surface area (TPSA) is 69.7 Å². The first-order chi connectivity index (χ1) is 9.53. The van der Waals surface area contributed by atoms with Gasteiger partial charge in [-0.25, -0.2) is 0 Å². The molecule has 0 aromatic carbocycles. The SMILES string of the molecule is CC(=O)OC/C(Cl)=C(/COC(C)=O)S(=O)CC[Si](C)(C)C. The summed E-state index contributed by atoms with van der Waals surface area (Å²) in [6.45, 7) is 8.76. The quantitative estimate of drug-likeness (QED) is 0.495. The molecule has 0 amide bonds. The first-order valence-electron chi connectivity index (χ1n) is 6.55. The minimum Gasteiger partial charge on any atom is -0.460 e. The highest BCUT2D eigenvalue weighted by Crippen LogP contribution is 2.18. The van der Waals surface area contributed by atoms with Crippen LogP contribution >= 0.6 is 11.6 Å². The average molecular weight is 355 g/mol. The highest BCUT2D eigenvalue weighted by molar-refractivity contribution is 7.89. The summed E-state index contributed by atoms with van der Waals surface area (Å²) < 4.78 is 22.0. The second-order valence-corrected chi connectivity index (χ2v) is 13.4. The zero-order chi connectivity index (χ0) is 16.6. The molecule has 0 heterocycles. The maximum absolute atomic E-state index is 12.3.